The molecule has 0 atom stereocenters. The molecular weight excluding hydrogens is 540 g/mol. The Balaban J connectivity index is 2.19. The number of aliphatic imine (C=N–C) groups is 1. The summed E-state index contributed by atoms with van der Waals surface area (Å²) in [4.78, 5) is 16.3. The Kier molecular flexibility index (Phi) is 8.25. The van der Waals surface area contributed by atoms with Gasteiger partial charge in [0.15, 0.2) is 0 Å². The molecule has 162 valence electrons. The predicted molar refractivity (Wildman–Crippen MR) is 112 cm³/mol. The van der Waals surface area contributed by atoms with Crippen molar-refractivity contribution in [3.8, 4) is 5.75 Å². The fourth-order valence-electron chi connectivity index (χ4n) is 2.12. The zero-order valence-corrected chi connectivity index (χ0v) is 18.8. The highest BCUT2D eigenvalue weighted by Crippen LogP contribution is 2.29. The minimum atomic E-state index is -4.62. The smallest absolute Gasteiger partial charge is 0.461 e. The molecule has 0 aromatic heterocycles. The van der Waals surface area contributed by atoms with E-state index < -0.39 is 24.3 Å². The van der Waals surface area contributed by atoms with Crippen LogP contribution in [0.2, 0.25) is 0 Å². The number of urea groups is 1. The first-order chi connectivity index (χ1) is 14.0. The quantitative estimate of drug-likeness (QED) is 0.241. The molecule has 2 rings (SSSR count). The molecular formula is C19H16Br2F4N2O3. The average molecular weight is 556 g/mol. The number of hydrogen-bond acceptors (Lipinski definition) is 3. The van der Waals surface area contributed by atoms with Crippen LogP contribution in [0.1, 0.15) is 19.4 Å². The molecule has 0 aliphatic heterocycles. The Bertz CT molecular complexity index is 902. The summed E-state index contributed by atoms with van der Waals surface area (Å²) in [5.41, 5.74) is 0.714. The molecule has 0 saturated carbocycles. The summed E-state index contributed by atoms with van der Waals surface area (Å²) in [6.45, 7) is 3.54. The van der Waals surface area contributed by atoms with Crippen molar-refractivity contribution >= 4 is 49.5 Å². The number of nitrogens with one attached hydrogen (secondary N) is 1. The number of carbonyl (C=O) groups excluding carboxylic acids is 1. The lowest BCUT2D eigenvalue weighted by Gasteiger charge is -2.17. The number of amides is 2. The predicted octanol–water partition coefficient (Wildman–Crippen LogP) is 6.85. The van der Waals surface area contributed by atoms with E-state index in [1.165, 1.54) is 12.1 Å². The molecule has 2 aromatic carbocycles. The van der Waals surface area contributed by atoms with Crippen LogP contribution in [0.5, 0.6) is 5.75 Å². The van der Waals surface area contributed by atoms with Gasteiger partial charge in [-0.1, -0.05) is 6.07 Å². The molecule has 0 fully saturated rings. The molecule has 30 heavy (non-hydrogen) atoms. The first kappa shape index (κ1) is 24.1. The van der Waals surface area contributed by atoms with Crippen LogP contribution in [0.4, 0.5) is 28.0 Å². The Hall–Kier alpha value is -2.14. The maximum atomic E-state index is 12.9. The molecule has 11 heteroatoms. The maximum Gasteiger partial charge on any atom is 0.461 e. The molecule has 5 nitrogen and oxygen atoms in total. The summed E-state index contributed by atoms with van der Waals surface area (Å²) in [7, 11) is 0. The number of rotatable bonds is 6. The van der Waals surface area contributed by atoms with Gasteiger partial charge in [0.25, 0.3) is 0 Å². The van der Waals surface area contributed by atoms with Crippen LogP contribution in [-0.2, 0) is 4.74 Å². The molecule has 2 amide bonds. The molecule has 0 saturated heterocycles. The fourth-order valence-corrected chi connectivity index (χ4v) is 3.46. The highest BCUT2D eigenvalue weighted by atomic mass is 79.9. The molecule has 1 N–H and O–H groups in total. The number of anilines is 1. The number of hydrogen-bond donors (Lipinski definition) is 1. The van der Waals surface area contributed by atoms with Crippen LogP contribution in [0, 0.1) is 0 Å². The van der Waals surface area contributed by atoms with E-state index in [0.29, 0.717) is 14.5 Å². The number of benzene rings is 2. The van der Waals surface area contributed by atoms with E-state index in [0.717, 1.165) is 12.1 Å². The lowest BCUT2D eigenvalue weighted by atomic mass is 10.2. The number of alkyl halides is 4. The van der Waals surface area contributed by atoms with E-state index in [9.17, 15) is 22.4 Å². The van der Waals surface area contributed by atoms with Gasteiger partial charge in [0, 0.05) is 14.6 Å². The Morgan fingerprint density at radius 1 is 1.07 bits per heavy atom. The second kappa shape index (κ2) is 10.3. The van der Waals surface area contributed by atoms with Crippen LogP contribution < -0.4 is 10.1 Å². The molecule has 2 aromatic rings. The Labute approximate surface area is 186 Å². The summed E-state index contributed by atoms with van der Waals surface area (Å²) in [5, 5.41) is 2.44. The zero-order chi connectivity index (χ0) is 22.5. The van der Waals surface area contributed by atoms with Crippen molar-refractivity contribution in [2.75, 3.05) is 5.32 Å². The summed E-state index contributed by atoms with van der Waals surface area (Å²) in [6.07, 6.45) is -8.86. The number of carbonyl (C=O) groups is 1. The maximum absolute atomic E-state index is 12.9. The van der Waals surface area contributed by atoms with E-state index >= 15 is 0 Å². The van der Waals surface area contributed by atoms with Crippen LogP contribution in [-0.4, -0.2) is 30.6 Å². The van der Waals surface area contributed by atoms with Gasteiger partial charge in [0.1, 0.15) is 5.75 Å². The highest BCUT2D eigenvalue weighted by molar-refractivity contribution is 9.11. The summed E-state index contributed by atoms with van der Waals surface area (Å²) in [6, 6.07) is 8.96. The van der Waals surface area contributed by atoms with Gasteiger partial charge in [-0.25, -0.2) is 4.79 Å². The first-order valence-corrected chi connectivity index (χ1v) is 10.0. The van der Waals surface area contributed by atoms with E-state index in [2.05, 4.69) is 46.9 Å². The summed E-state index contributed by atoms with van der Waals surface area (Å²) in [5.74, 6) is -0.429. The minimum Gasteiger partial charge on any atom is -0.474 e. The Morgan fingerprint density at radius 3 is 2.13 bits per heavy atom. The van der Waals surface area contributed by atoms with Gasteiger partial charge in [-0.15, -0.1) is 0 Å². The van der Waals surface area contributed by atoms with Crippen molar-refractivity contribution in [2.24, 2.45) is 4.99 Å². The average Bonchev–Trinajstić information content (AvgIpc) is 2.62. The SMILES string of the molecule is CC(C)O/C(=N\C(=O)Nc1ccc(OC(F)(F)C(F)F)cc1)c1c(Br)cccc1Br. The van der Waals surface area contributed by atoms with Crippen molar-refractivity contribution in [1.29, 1.82) is 0 Å². The zero-order valence-electron chi connectivity index (χ0n) is 15.6. The molecule has 0 unspecified atom stereocenters. The van der Waals surface area contributed by atoms with Gasteiger partial charge in [0.2, 0.25) is 5.90 Å². The van der Waals surface area contributed by atoms with Crippen LogP contribution in [0.3, 0.4) is 0 Å². The van der Waals surface area contributed by atoms with Gasteiger partial charge >= 0.3 is 18.6 Å². The normalized spacial score (nSPS) is 12.3. The second-order valence-corrected chi connectivity index (χ2v) is 7.81. The molecule has 0 spiro atoms. The molecule has 0 aliphatic carbocycles. The van der Waals surface area contributed by atoms with Gasteiger partial charge in [-0.05, 0) is 82.1 Å². The Morgan fingerprint density at radius 2 is 1.63 bits per heavy atom. The third-order valence-electron chi connectivity index (χ3n) is 3.34. The lowest BCUT2D eigenvalue weighted by Crippen LogP contribution is -2.33. The van der Waals surface area contributed by atoms with E-state index in [1.807, 2.05) is 0 Å². The van der Waals surface area contributed by atoms with E-state index in [4.69, 9.17) is 4.74 Å². The van der Waals surface area contributed by atoms with Gasteiger partial charge in [-0.2, -0.15) is 22.6 Å². The third kappa shape index (κ3) is 6.69. The summed E-state index contributed by atoms with van der Waals surface area (Å²) >= 11 is 6.77. The number of nitrogens with zero attached hydrogens (tertiary/aromatic N) is 1. The first-order valence-electron chi connectivity index (χ1n) is 8.45. The molecule has 0 radical (unpaired) electrons. The van der Waals surface area contributed by atoms with Crippen molar-refractivity contribution in [3.05, 3.63) is 57.0 Å². The third-order valence-corrected chi connectivity index (χ3v) is 4.66. The second-order valence-electron chi connectivity index (χ2n) is 6.10. The van der Waals surface area contributed by atoms with Crippen LogP contribution in [0.25, 0.3) is 0 Å². The topological polar surface area (TPSA) is 59.9 Å². The minimum absolute atomic E-state index is 0.0541. The van der Waals surface area contributed by atoms with Crippen LogP contribution >= 0.6 is 31.9 Å². The van der Waals surface area contributed by atoms with Crippen molar-refractivity contribution in [1.82, 2.24) is 0 Å². The lowest BCUT2D eigenvalue weighted by molar-refractivity contribution is -0.253. The summed E-state index contributed by atoms with van der Waals surface area (Å²) < 4.78 is 61.2. The van der Waals surface area contributed by atoms with E-state index in [1.54, 1.807) is 32.0 Å². The van der Waals surface area contributed by atoms with Gasteiger partial charge < -0.3 is 14.8 Å². The molecule has 0 aliphatic rings. The largest absolute Gasteiger partial charge is 0.474 e. The standard InChI is InChI=1S/C19H16Br2F4N2O3/c1-10(2)29-16(15-13(20)4-3-5-14(15)21)27-18(28)26-11-6-8-12(9-7-11)30-19(24,25)17(22)23/h3-10,17H,1-2H3,(H,26,28)/b27-16-. The molecule has 0 bridgehead atoms. The van der Waals surface area contributed by atoms with Gasteiger partial charge in [-0.3, -0.25) is 0 Å². The van der Waals surface area contributed by atoms with Gasteiger partial charge in [0.05, 0.1) is 11.7 Å². The number of halogens is 6. The van der Waals surface area contributed by atoms with Crippen molar-refractivity contribution in [3.63, 3.8) is 0 Å². The van der Waals surface area contributed by atoms with Crippen molar-refractivity contribution < 1.29 is 31.8 Å². The van der Waals surface area contributed by atoms with Crippen LogP contribution in [0.15, 0.2) is 56.4 Å². The highest BCUT2D eigenvalue weighted by Gasteiger charge is 2.43. The molecule has 0 heterocycles. The monoisotopic (exact) mass is 554 g/mol. The number of ether oxygens (including phenoxy) is 2. The van der Waals surface area contributed by atoms with Crippen molar-refractivity contribution in [2.45, 2.75) is 32.5 Å². The van der Waals surface area contributed by atoms with E-state index in [-0.39, 0.29) is 17.7 Å². The fraction of sp³-hybridized carbons (Fsp3) is 0.263.